The molecule has 0 aliphatic rings. The Morgan fingerprint density at radius 2 is 1.96 bits per heavy atom. The van der Waals surface area contributed by atoms with Gasteiger partial charge < -0.3 is 5.32 Å². The second-order valence-corrected chi connectivity index (χ2v) is 5.35. The van der Waals surface area contributed by atoms with Crippen LogP contribution in [0.5, 0.6) is 0 Å². The van der Waals surface area contributed by atoms with E-state index in [1.54, 1.807) is 35.1 Å². The van der Waals surface area contributed by atoms with Crippen molar-refractivity contribution in [3.8, 4) is 0 Å². The maximum Gasteiger partial charge on any atom is 0.256 e. The van der Waals surface area contributed by atoms with Gasteiger partial charge in [0.2, 0.25) is 0 Å². The Morgan fingerprint density at radius 1 is 1.17 bits per heavy atom. The SMILES string of the molecule is Cc1cccc(C(=O)Nc2ccn(Cc3ccc(F)cc3)n2)c1. The minimum absolute atomic E-state index is 0.194. The summed E-state index contributed by atoms with van der Waals surface area (Å²) in [5.74, 6) is 0.0275. The van der Waals surface area contributed by atoms with Gasteiger partial charge in [-0.25, -0.2) is 4.39 Å². The van der Waals surface area contributed by atoms with Crippen molar-refractivity contribution < 1.29 is 9.18 Å². The largest absolute Gasteiger partial charge is 0.305 e. The van der Waals surface area contributed by atoms with Crippen molar-refractivity contribution in [2.75, 3.05) is 5.32 Å². The van der Waals surface area contributed by atoms with Crippen molar-refractivity contribution in [1.82, 2.24) is 9.78 Å². The highest BCUT2D eigenvalue weighted by Crippen LogP contribution is 2.10. The first-order chi connectivity index (χ1) is 11.1. The Hall–Kier alpha value is -2.95. The summed E-state index contributed by atoms with van der Waals surface area (Å²) >= 11 is 0. The van der Waals surface area contributed by atoms with E-state index < -0.39 is 0 Å². The normalized spacial score (nSPS) is 10.5. The fourth-order valence-corrected chi connectivity index (χ4v) is 2.27. The Morgan fingerprint density at radius 3 is 2.70 bits per heavy atom. The molecule has 0 fully saturated rings. The van der Waals surface area contributed by atoms with Gasteiger partial charge >= 0.3 is 0 Å². The summed E-state index contributed by atoms with van der Waals surface area (Å²) in [6.45, 7) is 2.45. The number of nitrogens with zero attached hydrogens (tertiary/aromatic N) is 2. The molecule has 23 heavy (non-hydrogen) atoms. The van der Waals surface area contributed by atoms with Crippen molar-refractivity contribution in [2.24, 2.45) is 0 Å². The zero-order valence-corrected chi connectivity index (χ0v) is 12.7. The lowest BCUT2D eigenvalue weighted by Crippen LogP contribution is -2.13. The number of hydrogen-bond donors (Lipinski definition) is 1. The molecular formula is C18H16FN3O. The number of hydrogen-bond acceptors (Lipinski definition) is 2. The highest BCUT2D eigenvalue weighted by atomic mass is 19.1. The minimum atomic E-state index is -0.264. The molecule has 1 aromatic heterocycles. The van der Waals surface area contributed by atoms with E-state index in [2.05, 4.69) is 10.4 Å². The van der Waals surface area contributed by atoms with Gasteiger partial charge in [-0.05, 0) is 36.8 Å². The van der Waals surface area contributed by atoms with Crippen molar-refractivity contribution >= 4 is 11.7 Å². The molecule has 0 radical (unpaired) electrons. The number of rotatable bonds is 4. The summed E-state index contributed by atoms with van der Waals surface area (Å²) < 4.78 is 14.6. The molecule has 0 aliphatic heterocycles. The molecule has 0 atom stereocenters. The first-order valence-corrected chi connectivity index (χ1v) is 7.26. The molecule has 116 valence electrons. The number of carbonyl (C=O) groups is 1. The van der Waals surface area contributed by atoms with Crippen LogP contribution in [0.3, 0.4) is 0 Å². The van der Waals surface area contributed by atoms with Crippen molar-refractivity contribution in [2.45, 2.75) is 13.5 Å². The number of nitrogens with one attached hydrogen (secondary N) is 1. The van der Waals surface area contributed by atoms with Gasteiger partial charge in [-0.3, -0.25) is 9.48 Å². The third kappa shape index (κ3) is 3.83. The highest BCUT2D eigenvalue weighted by molar-refractivity contribution is 6.03. The number of benzene rings is 2. The Balaban J connectivity index is 1.67. The van der Waals surface area contributed by atoms with Crippen LogP contribution in [0.2, 0.25) is 0 Å². The maximum atomic E-state index is 12.9. The van der Waals surface area contributed by atoms with E-state index in [0.717, 1.165) is 11.1 Å². The van der Waals surface area contributed by atoms with Gasteiger partial charge in [0.05, 0.1) is 6.54 Å². The molecule has 0 saturated heterocycles. The quantitative estimate of drug-likeness (QED) is 0.800. The highest BCUT2D eigenvalue weighted by Gasteiger charge is 2.08. The van der Waals surface area contributed by atoms with Gasteiger partial charge in [-0.1, -0.05) is 29.8 Å². The summed E-state index contributed by atoms with van der Waals surface area (Å²) in [6.07, 6.45) is 1.77. The monoisotopic (exact) mass is 309 g/mol. The molecule has 0 bridgehead atoms. The van der Waals surface area contributed by atoms with E-state index in [-0.39, 0.29) is 11.7 Å². The average molecular weight is 309 g/mol. The average Bonchev–Trinajstić information content (AvgIpc) is 2.96. The lowest BCUT2D eigenvalue weighted by molar-refractivity contribution is 0.102. The molecule has 0 spiro atoms. The van der Waals surface area contributed by atoms with E-state index in [4.69, 9.17) is 0 Å². The van der Waals surface area contributed by atoms with Gasteiger partial charge in [0, 0.05) is 17.8 Å². The summed E-state index contributed by atoms with van der Waals surface area (Å²) in [4.78, 5) is 12.2. The standard InChI is InChI=1S/C18H16FN3O/c1-13-3-2-4-15(11-13)18(23)20-17-9-10-22(21-17)12-14-5-7-16(19)8-6-14/h2-11H,12H2,1H3,(H,20,21,23). The number of amides is 1. The minimum Gasteiger partial charge on any atom is -0.305 e. The molecule has 3 rings (SSSR count). The predicted molar refractivity (Wildman–Crippen MR) is 86.9 cm³/mol. The fraction of sp³-hybridized carbons (Fsp3) is 0.111. The van der Waals surface area contributed by atoms with E-state index in [0.29, 0.717) is 17.9 Å². The molecule has 1 N–H and O–H groups in total. The summed E-state index contributed by atoms with van der Waals surface area (Å²) in [7, 11) is 0. The van der Waals surface area contributed by atoms with Crippen LogP contribution in [0, 0.1) is 12.7 Å². The zero-order chi connectivity index (χ0) is 16.2. The van der Waals surface area contributed by atoms with Gasteiger partial charge in [-0.15, -0.1) is 0 Å². The Labute approximate surface area is 133 Å². The Kier molecular flexibility index (Phi) is 4.19. The number of halogens is 1. The summed E-state index contributed by atoms with van der Waals surface area (Å²) in [5, 5.41) is 7.08. The first-order valence-electron chi connectivity index (χ1n) is 7.26. The second-order valence-electron chi connectivity index (χ2n) is 5.35. The van der Waals surface area contributed by atoms with Crippen LogP contribution in [0.1, 0.15) is 21.5 Å². The van der Waals surface area contributed by atoms with Crippen molar-refractivity contribution in [3.05, 3.63) is 83.3 Å². The molecule has 1 heterocycles. The molecule has 3 aromatic rings. The second kappa shape index (κ2) is 6.44. The third-order valence-corrected chi connectivity index (χ3v) is 3.42. The van der Waals surface area contributed by atoms with E-state index in [9.17, 15) is 9.18 Å². The lowest BCUT2D eigenvalue weighted by Gasteiger charge is -2.04. The molecule has 0 aliphatic carbocycles. The van der Waals surface area contributed by atoms with Gasteiger partial charge in [0.15, 0.2) is 5.82 Å². The smallest absolute Gasteiger partial charge is 0.256 e. The van der Waals surface area contributed by atoms with Gasteiger partial charge in [-0.2, -0.15) is 5.10 Å². The fourth-order valence-electron chi connectivity index (χ4n) is 2.27. The number of aryl methyl sites for hydroxylation is 1. The molecule has 0 unspecified atom stereocenters. The third-order valence-electron chi connectivity index (χ3n) is 3.42. The molecule has 5 heteroatoms. The van der Waals surface area contributed by atoms with Crippen LogP contribution >= 0.6 is 0 Å². The number of anilines is 1. The molecule has 0 saturated carbocycles. The van der Waals surface area contributed by atoms with E-state index >= 15 is 0 Å². The number of aromatic nitrogens is 2. The van der Waals surface area contributed by atoms with Crippen LogP contribution in [0.15, 0.2) is 60.8 Å². The first kappa shape index (κ1) is 15.0. The van der Waals surface area contributed by atoms with Gasteiger partial charge in [0.1, 0.15) is 5.82 Å². The maximum absolute atomic E-state index is 12.9. The zero-order valence-electron chi connectivity index (χ0n) is 12.7. The van der Waals surface area contributed by atoms with Gasteiger partial charge in [0.25, 0.3) is 5.91 Å². The van der Waals surface area contributed by atoms with Crippen LogP contribution in [0.4, 0.5) is 10.2 Å². The Bertz CT molecular complexity index is 824. The van der Waals surface area contributed by atoms with E-state index in [1.807, 2.05) is 25.1 Å². The van der Waals surface area contributed by atoms with Crippen molar-refractivity contribution in [1.29, 1.82) is 0 Å². The predicted octanol–water partition coefficient (Wildman–Crippen LogP) is 3.63. The molecule has 1 amide bonds. The van der Waals surface area contributed by atoms with Crippen LogP contribution in [-0.2, 0) is 6.54 Å². The molecule has 4 nitrogen and oxygen atoms in total. The van der Waals surface area contributed by atoms with Crippen LogP contribution in [-0.4, -0.2) is 15.7 Å². The van der Waals surface area contributed by atoms with Crippen LogP contribution in [0.25, 0.3) is 0 Å². The topological polar surface area (TPSA) is 46.9 Å². The summed E-state index contributed by atoms with van der Waals surface area (Å²) in [5.41, 5.74) is 2.56. The summed E-state index contributed by atoms with van der Waals surface area (Å²) in [6, 6.07) is 15.4. The van der Waals surface area contributed by atoms with Crippen molar-refractivity contribution in [3.63, 3.8) is 0 Å². The number of carbonyl (C=O) groups excluding carboxylic acids is 1. The molecule has 2 aromatic carbocycles. The lowest BCUT2D eigenvalue weighted by atomic mass is 10.1. The van der Waals surface area contributed by atoms with Crippen LogP contribution < -0.4 is 5.32 Å². The van der Waals surface area contributed by atoms with E-state index in [1.165, 1.54) is 12.1 Å². The molecular weight excluding hydrogens is 293 g/mol.